The predicted molar refractivity (Wildman–Crippen MR) is 91.2 cm³/mol. The van der Waals surface area contributed by atoms with Gasteiger partial charge in [-0.25, -0.2) is 0 Å². The summed E-state index contributed by atoms with van der Waals surface area (Å²) in [5, 5.41) is 8.11. The minimum atomic E-state index is -0.886. The fourth-order valence-corrected chi connectivity index (χ4v) is 2.89. The molecule has 1 atom stereocenters. The van der Waals surface area contributed by atoms with E-state index in [1.165, 1.54) is 0 Å². The Kier molecular flexibility index (Phi) is 5.62. The van der Waals surface area contributed by atoms with E-state index < -0.39 is 6.04 Å². The number of para-hydroxylation sites is 1. The lowest BCUT2D eigenvalue weighted by Crippen LogP contribution is -2.46. The molecule has 2 aliphatic rings. The van der Waals surface area contributed by atoms with Crippen LogP contribution in [0.4, 0.5) is 5.69 Å². The zero-order valence-electron chi connectivity index (χ0n) is 13.9. The van der Waals surface area contributed by atoms with E-state index in [-0.39, 0.29) is 24.1 Å². The van der Waals surface area contributed by atoms with E-state index in [4.69, 9.17) is 4.74 Å². The molecule has 1 aromatic rings. The van der Waals surface area contributed by atoms with Crippen LogP contribution in [0.25, 0.3) is 0 Å². The molecule has 8 nitrogen and oxygen atoms in total. The van der Waals surface area contributed by atoms with Crippen molar-refractivity contribution in [2.75, 3.05) is 44.7 Å². The number of morpholine rings is 1. The molecule has 0 spiro atoms. The molecule has 0 saturated carbocycles. The van der Waals surface area contributed by atoms with Crippen molar-refractivity contribution < 1.29 is 19.1 Å². The van der Waals surface area contributed by atoms with Crippen molar-refractivity contribution in [2.45, 2.75) is 12.5 Å². The van der Waals surface area contributed by atoms with Gasteiger partial charge < -0.3 is 20.7 Å². The molecule has 134 valence electrons. The number of anilines is 1. The van der Waals surface area contributed by atoms with Crippen molar-refractivity contribution >= 4 is 23.4 Å². The third-order valence-electron chi connectivity index (χ3n) is 4.29. The van der Waals surface area contributed by atoms with Gasteiger partial charge in [0, 0.05) is 26.2 Å². The van der Waals surface area contributed by atoms with E-state index in [0.29, 0.717) is 31.0 Å². The van der Waals surface area contributed by atoms with Crippen molar-refractivity contribution in [1.29, 1.82) is 0 Å². The van der Waals surface area contributed by atoms with Crippen LogP contribution in [0.1, 0.15) is 16.8 Å². The lowest BCUT2D eigenvalue weighted by Gasteiger charge is -2.26. The molecule has 3 amide bonds. The van der Waals surface area contributed by atoms with E-state index in [0.717, 1.165) is 19.6 Å². The Hall–Kier alpha value is -2.45. The number of hydrogen-bond acceptors (Lipinski definition) is 5. The number of nitrogens with zero attached hydrogens (tertiary/aromatic N) is 1. The number of benzene rings is 1. The maximum Gasteiger partial charge on any atom is 0.254 e. The van der Waals surface area contributed by atoms with Gasteiger partial charge in [-0.05, 0) is 12.1 Å². The Balaban J connectivity index is 1.49. The number of carbonyl (C=O) groups excluding carboxylic acids is 3. The Morgan fingerprint density at radius 1 is 1.24 bits per heavy atom. The topological polar surface area (TPSA) is 99.8 Å². The zero-order chi connectivity index (χ0) is 17.6. The molecule has 3 N–H and O–H groups in total. The number of carbonyl (C=O) groups is 3. The van der Waals surface area contributed by atoms with Crippen LogP contribution < -0.4 is 16.0 Å². The first-order chi connectivity index (χ1) is 12.1. The maximum absolute atomic E-state index is 12.3. The van der Waals surface area contributed by atoms with E-state index in [1.807, 2.05) is 0 Å². The molecule has 2 aliphatic heterocycles. The van der Waals surface area contributed by atoms with Gasteiger partial charge in [-0.15, -0.1) is 0 Å². The van der Waals surface area contributed by atoms with Crippen LogP contribution in [0.5, 0.6) is 0 Å². The molecule has 25 heavy (non-hydrogen) atoms. The quantitative estimate of drug-likeness (QED) is 0.672. The summed E-state index contributed by atoms with van der Waals surface area (Å²) in [6.45, 7) is 4.38. The first-order valence-corrected chi connectivity index (χ1v) is 8.41. The van der Waals surface area contributed by atoms with Crippen LogP contribution in [0, 0.1) is 0 Å². The van der Waals surface area contributed by atoms with Gasteiger partial charge in [0.05, 0.1) is 30.9 Å². The molecular weight excluding hydrogens is 324 g/mol. The molecule has 8 heteroatoms. The number of fused-ring (bicyclic) bond motifs is 1. The third kappa shape index (κ3) is 4.55. The van der Waals surface area contributed by atoms with Crippen LogP contribution in [-0.4, -0.2) is 68.1 Å². The Labute approximate surface area is 145 Å². The van der Waals surface area contributed by atoms with Gasteiger partial charge in [-0.2, -0.15) is 0 Å². The Morgan fingerprint density at radius 3 is 2.80 bits per heavy atom. The van der Waals surface area contributed by atoms with Crippen molar-refractivity contribution in [2.24, 2.45) is 0 Å². The number of rotatable bonds is 5. The Morgan fingerprint density at radius 2 is 2.00 bits per heavy atom. The molecule has 0 bridgehead atoms. The standard InChI is InChI=1S/C17H22N4O4/c22-15(18-5-6-21-7-9-25-10-8-21)11-14-17(24)19-13-4-2-1-3-12(13)16(23)20-14/h1-4,14H,5-11H2,(H,18,22)(H,19,24)(H,20,23)/t14-/m0/s1. The summed E-state index contributed by atoms with van der Waals surface area (Å²) in [6, 6.07) is 5.88. The highest BCUT2D eigenvalue weighted by Crippen LogP contribution is 2.18. The molecule has 1 fully saturated rings. The summed E-state index contributed by atoms with van der Waals surface area (Å²) in [4.78, 5) is 38.8. The summed E-state index contributed by atoms with van der Waals surface area (Å²) in [6.07, 6.45) is -0.0886. The van der Waals surface area contributed by atoms with Gasteiger partial charge >= 0.3 is 0 Å². The fraction of sp³-hybridized carbons (Fsp3) is 0.471. The third-order valence-corrected chi connectivity index (χ3v) is 4.29. The van der Waals surface area contributed by atoms with Crippen molar-refractivity contribution in [3.05, 3.63) is 29.8 Å². The van der Waals surface area contributed by atoms with Crippen molar-refractivity contribution in [3.8, 4) is 0 Å². The lowest BCUT2D eigenvalue weighted by atomic mass is 10.1. The average molecular weight is 346 g/mol. The molecule has 3 rings (SSSR count). The van der Waals surface area contributed by atoms with Crippen LogP contribution in [0.15, 0.2) is 24.3 Å². The minimum absolute atomic E-state index is 0.0886. The first-order valence-electron chi connectivity index (χ1n) is 8.41. The van der Waals surface area contributed by atoms with Gasteiger partial charge in [0.1, 0.15) is 6.04 Å². The summed E-state index contributed by atoms with van der Waals surface area (Å²) in [5.41, 5.74) is 0.853. The normalized spacial score (nSPS) is 20.9. The second kappa shape index (κ2) is 8.09. The van der Waals surface area contributed by atoms with E-state index >= 15 is 0 Å². The van der Waals surface area contributed by atoms with E-state index in [2.05, 4.69) is 20.9 Å². The molecule has 2 heterocycles. The molecule has 1 saturated heterocycles. The molecule has 0 aliphatic carbocycles. The molecule has 1 aromatic carbocycles. The van der Waals surface area contributed by atoms with E-state index in [1.54, 1.807) is 24.3 Å². The fourth-order valence-electron chi connectivity index (χ4n) is 2.89. The van der Waals surface area contributed by atoms with Gasteiger partial charge in [0.15, 0.2) is 0 Å². The highest BCUT2D eigenvalue weighted by atomic mass is 16.5. The molecule has 0 unspecified atom stereocenters. The van der Waals surface area contributed by atoms with Gasteiger partial charge in [-0.1, -0.05) is 12.1 Å². The highest BCUT2D eigenvalue weighted by molar-refractivity contribution is 6.10. The van der Waals surface area contributed by atoms with Crippen LogP contribution in [0.3, 0.4) is 0 Å². The summed E-state index contributed by atoms with van der Waals surface area (Å²) < 4.78 is 5.27. The summed E-state index contributed by atoms with van der Waals surface area (Å²) in [5.74, 6) is -1.01. The average Bonchev–Trinajstić information content (AvgIpc) is 2.73. The Bertz CT molecular complexity index is 658. The van der Waals surface area contributed by atoms with Crippen molar-refractivity contribution in [1.82, 2.24) is 15.5 Å². The van der Waals surface area contributed by atoms with Crippen LogP contribution in [-0.2, 0) is 14.3 Å². The minimum Gasteiger partial charge on any atom is -0.379 e. The van der Waals surface area contributed by atoms with Crippen LogP contribution >= 0.6 is 0 Å². The second-order valence-electron chi connectivity index (χ2n) is 6.07. The molecule has 0 aromatic heterocycles. The second-order valence-corrected chi connectivity index (χ2v) is 6.07. The SMILES string of the molecule is O=C(C[C@@H]1NC(=O)c2ccccc2NC1=O)NCCN1CCOCC1. The smallest absolute Gasteiger partial charge is 0.254 e. The highest BCUT2D eigenvalue weighted by Gasteiger charge is 2.29. The number of hydrogen-bond donors (Lipinski definition) is 3. The zero-order valence-corrected chi connectivity index (χ0v) is 13.9. The number of amides is 3. The largest absolute Gasteiger partial charge is 0.379 e. The van der Waals surface area contributed by atoms with Crippen molar-refractivity contribution in [3.63, 3.8) is 0 Å². The monoisotopic (exact) mass is 346 g/mol. The maximum atomic E-state index is 12.3. The van der Waals surface area contributed by atoms with Crippen LogP contribution in [0.2, 0.25) is 0 Å². The van der Waals surface area contributed by atoms with Gasteiger partial charge in [0.2, 0.25) is 11.8 Å². The van der Waals surface area contributed by atoms with Gasteiger partial charge in [0.25, 0.3) is 5.91 Å². The summed E-state index contributed by atoms with van der Waals surface area (Å²) >= 11 is 0. The number of nitrogens with one attached hydrogen (secondary N) is 3. The van der Waals surface area contributed by atoms with Gasteiger partial charge in [-0.3, -0.25) is 19.3 Å². The molecular formula is C17H22N4O4. The number of ether oxygens (including phenoxy) is 1. The summed E-state index contributed by atoms with van der Waals surface area (Å²) in [7, 11) is 0. The molecule has 0 radical (unpaired) electrons. The first kappa shape index (κ1) is 17.4. The predicted octanol–water partition coefficient (Wildman–Crippen LogP) is -0.424. The lowest BCUT2D eigenvalue weighted by molar-refractivity contribution is -0.125. The van der Waals surface area contributed by atoms with E-state index in [9.17, 15) is 14.4 Å².